The smallest absolute Gasteiger partial charge is 0.240 e. The fourth-order valence-electron chi connectivity index (χ4n) is 3.08. The van der Waals surface area contributed by atoms with Gasteiger partial charge in [-0.3, -0.25) is 14.5 Å². The Bertz CT molecular complexity index is 393. The number of likely N-dealkylation sites (tertiary alicyclic amines) is 1. The normalized spacial score (nSPS) is 24.6. The summed E-state index contributed by atoms with van der Waals surface area (Å²) in [5.41, 5.74) is 0. The minimum absolute atomic E-state index is 0.0325. The molecule has 2 heterocycles. The van der Waals surface area contributed by atoms with Crippen LogP contribution in [0, 0.1) is 0 Å². The first-order valence-electron chi connectivity index (χ1n) is 7.79. The zero-order valence-corrected chi connectivity index (χ0v) is 12.8. The van der Waals surface area contributed by atoms with Crippen LogP contribution >= 0.6 is 0 Å². The minimum Gasteiger partial charge on any atom is -0.351 e. The number of rotatable bonds is 5. The number of carbonyl (C=O) groups excluding carboxylic acids is 2. The molecular weight excluding hydrogens is 268 g/mol. The monoisotopic (exact) mass is 294 g/mol. The summed E-state index contributed by atoms with van der Waals surface area (Å²) in [6.45, 7) is 9.99. The van der Waals surface area contributed by atoms with Gasteiger partial charge in [-0.15, -0.1) is 6.58 Å². The largest absolute Gasteiger partial charge is 0.351 e. The highest BCUT2D eigenvalue weighted by molar-refractivity contribution is 5.85. The molecule has 2 N–H and O–H groups in total. The van der Waals surface area contributed by atoms with Gasteiger partial charge >= 0.3 is 0 Å². The van der Waals surface area contributed by atoms with Gasteiger partial charge < -0.3 is 15.5 Å². The van der Waals surface area contributed by atoms with Gasteiger partial charge in [0, 0.05) is 32.7 Å². The van der Waals surface area contributed by atoms with E-state index in [-0.39, 0.29) is 23.9 Å². The third-order valence-electron chi connectivity index (χ3n) is 4.31. The van der Waals surface area contributed by atoms with Crippen LogP contribution in [0.25, 0.3) is 0 Å². The van der Waals surface area contributed by atoms with Crippen molar-refractivity contribution >= 4 is 11.8 Å². The van der Waals surface area contributed by atoms with Crippen LogP contribution in [0.2, 0.25) is 0 Å². The molecule has 0 aromatic carbocycles. The van der Waals surface area contributed by atoms with Crippen molar-refractivity contribution in [2.24, 2.45) is 0 Å². The van der Waals surface area contributed by atoms with Crippen LogP contribution in [0.1, 0.15) is 19.8 Å². The molecule has 0 spiro atoms. The van der Waals surface area contributed by atoms with E-state index in [0.717, 1.165) is 45.6 Å². The lowest BCUT2D eigenvalue weighted by atomic mass is 10.1. The summed E-state index contributed by atoms with van der Waals surface area (Å²) in [4.78, 5) is 28.7. The Balaban J connectivity index is 1.96. The van der Waals surface area contributed by atoms with Gasteiger partial charge in [0.2, 0.25) is 11.8 Å². The first-order valence-corrected chi connectivity index (χ1v) is 7.79. The molecule has 2 unspecified atom stereocenters. The molecule has 6 nitrogen and oxygen atoms in total. The molecule has 0 bridgehead atoms. The fourth-order valence-corrected chi connectivity index (χ4v) is 3.08. The molecule has 2 atom stereocenters. The van der Waals surface area contributed by atoms with Crippen LogP contribution in [-0.4, -0.2) is 73.0 Å². The Morgan fingerprint density at radius 2 is 2.10 bits per heavy atom. The molecule has 2 aliphatic rings. The molecule has 21 heavy (non-hydrogen) atoms. The molecule has 118 valence electrons. The van der Waals surface area contributed by atoms with Crippen molar-refractivity contribution in [2.45, 2.75) is 31.8 Å². The summed E-state index contributed by atoms with van der Waals surface area (Å²) in [6, 6.07) is -0.420. The van der Waals surface area contributed by atoms with Crippen LogP contribution in [-0.2, 0) is 9.59 Å². The first kappa shape index (κ1) is 16.0. The number of carbonyl (C=O) groups is 2. The van der Waals surface area contributed by atoms with E-state index < -0.39 is 0 Å². The average Bonchev–Trinajstić information content (AvgIpc) is 3.01. The molecule has 0 radical (unpaired) electrons. The standard InChI is InChI=1S/C15H26N4O2/c1-3-6-17-14(20)12(2)19-9-4-5-13(19)15(21)18-10-7-16-8-11-18/h3,12-13,16H,1,4-11H2,2H3,(H,17,20). The van der Waals surface area contributed by atoms with E-state index in [4.69, 9.17) is 0 Å². The Morgan fingerprint density at radius 1 is 1.38 bits per heavy atom. The molecule has 2 aliphatic heterocycles. The molecule has 6 heteroatoms. The van der Waals surface area contributed by atoms with E-state index >= 15 is 0 Å². The highest BCUT2D eigenvalue weighted by atomic mass is 16.2. The number of hydrogen-bond donors (Lipinski definition) is 2. The van der Waals surface area contributed by atoms with E-state index in [1.54, 1.807) is 6.08 Å². The van der Waals surface area contributed by atoms with E-state index in [0.29, 0.717) is 6.54 Å². The number of piperazine rings is 1. The van der Waals surface area contributed by atoms with Crippen LogP contribution in [0.3, 0.4) is 0 Å². The Labute approximate surface area is 126 Å². The zero-order valence-electron chi connectivity index (χ0n) is 12.8. The van der Waals surface area contributed by atoms with Gasteiger partial charge in [-0.25, -0.2) is 0 Å². The Hall–Kier alpha value is -1.40. The molecule has 2 rings (SSSR count). The van der Waals surface area contributed by atoms with Gasteiger partial charge in [0.15, 0.2) is 0 Å². The van der Waals surface area contributed by atoms with Crippen LogP contribution in [0.4, 0.5) is 0 Å². The van der Waals surface area contributed by atoms with Crippen molar-refractivity contribution in [2.75, 3.05) is 39.3 Å². The quantitative estimate of drug-likeness (QED) is 0.676. The molecule has 2 amide bonds. The van der Waals surface area contributed by atoms with Crippen LogP contribution in [0.5, 0.6) is 0 Å². The summed E-state index contributed by atoms with van der Waals surface area (Å²) in [5.74, 6) is 0.146. The van der Waals surface area contributed by atoms with Gasteiger partial charge in [0.05, 0.1) is 12.1 Å². The number of nitrogens with one attached hydrogen (secondary N) is 2. The van der Waals surface area contributed by atoms with Gasteiger partial charge in [0.25, 0.3) is 0 Å². The molecule has 0 aliphatic carbocycles. The van der Waals surface area contributed by atoms with Crippen molar-refractivity contribution in [1.29, 1.82) is 0 Å². The predicted molar refractivity (Wildman–Crippen MR) is 81.8 cm³/mol. The van der Waals surface area contributed by atoms with Crippen molar-refractivity contribution in [3.05, 3.63) is 12.7 Å². The van der Waals surface area contributed by atoms with Crippen molar-refractivity contribution < 1.29 is 9.59 Å². The SMILES string of the molecule is C=CCNC(=O)C(C)N1CCCC1C(=O)N1CCNCC1. The first-order chi connectivity index (χ1) is 10.1. The van der Waals surface area contributed by atoms with E-state index in [2.05, 4.69) is 17.2 Å². The predicted octanol–water partition coefficient (Wildman–Crippen LogP) is -0.427. The van der Waals surface area contributed by atoms with Crippen LogP contribution < -0.4 is 10.6 Å². The van der Waals surface area contributed by atoms with E-state index in [9.17, 15) is 9.59 Å². The van der Waals surface area contributed by atoms with Gasteiger partial charge in [0.1, 0.15) is 0 Å². The number of amides is 2. The maximum absolute atomic E-state index is 12.7. The molecule has 0 aromatic heterocycles. The molecular formula is C15H26N4O2. The average molecular weight is 294 g/mol. The maximum atomic E-state index is 12.7. The van der Waals surface area contributed by atoms with Crippen molar-refractivity contribution in [3.8, 4) is 0 Å². The lowest BCUT2D eigenvalue weighted by Gasteiger charge is -2.34. The highest BCUT2D eigenvalue weighted by Gasteiger charge is 2.38. The zero-order chi connectivity index (χ0) is 15.2. The number of hydrogen-bond acceptors (Lipinski definition) is 4. The number of nitrogens with zero attached hydrogens (tertiary/aromatic N) is 2. The van der Waals surface area contributed by atoms with E-state index in [1.165, 1.54) is 0 Å². The summed E-state index contributed by atoms with van der Waals surface area (Å²) in [5, 5.41) is 6.07. The van der Waals surface area contributed by atoms with E-state index in [1.807, 2.05) is 16.7 Å². The minimum atomic E-state index is -0.274. The maximum Gasteiger partial charge on any atom is 0.240 e. The van der Waals surface area contributed by atoms with Crippen molar-refractivity contribution in [3.63, 3.8) is 0 Å². The lowest BCUT2D eigenvalue weighted by molar-refractivity contribution is -0.138. The summed E-state index contributed by atoms with van der Waals surface area (Å²) in [7, 11) is 0. The Morgan fingerprint density at radius 3 is 2.76 bits per heavy atom. The van der Waals surface area contributed by atoms with Gasteiger partial charge in [-0.1, -0.05) is 6.08 Å². The van der Waals surface area contributed by atoms with Crippen molar-refractivity contribution in [1.82, 2.24) is 20.4 Å². The van der Waals surface area contributed by atoms with Crippen LogP contribution in [0.15, 0.2) is 12.7 Å². The lowest BCUT2D eigenvalue weighted by Crippen LogP contribution is -2.55. The third-order valence-corrected chi connectivity index (χ3v) is 4.31. The third kappa shape index (κ3) is 3.83. The molecule has 2 fully saturated rings. The second-order valence-corrected chi connectivity index (χ2v) is 5.68. The Kier molecular flexibility index (Phi) is 5.76. The van der Waals surface area contributed by atoms with Gasteiger partial charge in [-0.2, -0.15) is 0 Å². The summed E-state index contributed by atoms with van der Waals surface area (Å²) < 4.78 is 0. The second-order valence-electron chi connectivity index (χ2n) is 5.68. The summed E-state index contributed by atoms with van der Waals surface area (Å²) in [6.07, 6.45) is 3.49. The molecule has 2 saturated heterocycles. The highest BCUT2D eigenvalue weighted by Crippen LogP contribution is 2.22. The molecule has 0 saturated carbocycles. The van der Waals surface area contributed by atoms with Gasteiger partial charge in [-0.05, 0) is 26.3 Å². The topological polar surface area (TPSA) is 64.7 Å². The second kappa shape index (κ2) is 7.56. The summed E-state index contributed by atoms with van der Waals surface area (Å²) >= 11 is 0. The fraction of sp³-hybridized carbons (Fsp3) is 0.733. The molecule has 0 aromatic rings.